The van der Waals surface area contributed by atoms with Crippen molar-refractivity contribution in [1.82, 2.24) is 9.21 Å². The summed E-state index contributed by atoms with van der Waals surface area (Å²) in [5, 5.41) is 0. The van der Waals surface area contributed by atoms with E-state index in [9.17, 15) is 17.6 Å². The summed E-state index contributed by atoms with van der Waals surface area (Å²) in [6.45, 7) is 3.53. The van der Waals surface area contributed by atoms with Crippen LogP contribution in [0.2, 0.25) is 0 Å². The van der Waals surface area contributed by atoms with Crippen LogP contribution in [0, 0.1) is 5.82 Å². The molecule has 6 nitrogen and oxygen atoms in total. The summed E-state index contributed by atoms with van der Waals surface area (Å²) >= 11 is 0. The number of carbonyl (C=O) groups is 1. The van der Waals surface area contributed by atoms with Gasteiger partial charge < -0.3 is 9.64 Å². The Labute approximate surface area is 147 Å². The zero-order chi connectivity index (χ0) is 18.1. The summed E-state index contributed by atoms with van der Waals surface area (Å²) in [6, 6.07) is 5.35. The van der Waals surface area contributed by atoms with E-state index in [0.717, 1.165) is 12.5 Å². The van der Waals surface area contributed by atoms with Gasteiger partial charge >= 0.3 is 0 Å². The van der Waals surface area contributed by atoms with Gasteiger partial charge in [0.1, 0.15) is 10.7 Å². The molecule has 1 spiro atoms. The zero-order valence-corrected chi connectivity index (χ0v) is 15.1. The largest absolute Gasteiger partial charge is 0.379 e. The molecule has 1 aromatic rings. The summed E-state index contributed by atoms with van der Waals surface area (Å²) < 4.78 is 46.8. The molecule has 1 unspecified atom stereocenters. The predicted molar refractivity (Wildman–Crippen MR) is 89.9 cm³/mol. The summed E-state index contributed by atoms with van der Waals surface area (Å²) in [5.41, 5.74) is -0.665. The van der Waals surface area contributed by atoms with Gasteiger partial charge in [-0.1, -0.05) is 19.1 Å². The Morgan fingerprint density at radius 1 is 1.32 bits per heavy atom. The monoisotopic (exact) mass is 370 g/mol. The second kappa shape index (κ2) is 7.01. The highest BCUT2D eigenvalue weighted by Crippen LogP contribution is 2.33. The number of nitrogens with zero attached hydrogens (tertiary/aromatic N) is 2. The minimum atomic E-state index is -4.02. The fraction of sp³-hybridized carbons (Fsp3) is 0.588. The van der Waals surface area contributed by atoms with Gasteiger partial charge in [-0.15, -0.1) is 0 Å². The van der Waals surface area contributed by atoms with E-state index < -0.39 is 21.4 Å². The van der Waals surface area contributed by atoms with Crippen LogP contribution in [0.15, 0.2) is 29.2 Å². The lowest BCUT2D eigenvalue weighted by molar-refractivity contribution is -0.136. The quantitative estimate of drug-likeness (QED) is 0.808. The Hall–Kier alpha value is -1.51. The van der Waals surface area contributed by atoms with Gasteiger partial charge in [-0.2, -0.15) is 4.31 Å². The Balaban J connectivity index is 1.98. The SMILES string of the molecule is CCCN1C(=O)CCN(S(=O)(=O)c2ccccc2F)CC12CCOC2. The summed E-state index contributed by atoms with van der Waals surface area (Å²) in [6.07, 6.45) is 1.46. The number of hydrogen-bond acceptors (Lipinski definition) is 4. The molecule has 138 valence electrons. The second-order valence-electron chi connectivity index (χ2n) is 6.59. The average Bonchev–Trinajstić information content (AvgIpc) is 3.00. The van der Waals surface area contributed by atoms with Gasteiger partial charge in [-0.3, -0.25) is 4.79 Å². The summed E-state index contributed by atoms with van der Waals surface area (Å²) in [5.74, 6) is -0.848. The van der Waals surface area contributed by atoms with Crippen LogP contribution in [-0.4, -0.2) is 61.9 Å². The lowest BCUT2D eigenvalue weighted by Gasteiger charge is -2.40. The van der Waals surface area contributed by atoms with Crippen molar-refractivity contribution in [3.05, 3.63) is 30.1 Å². The first-order chi connectivity index (χ1) is 11.9. The Morgan fingerprint density at radius 3 is 2.72 bits per heavy atom. The van der Waals surface area contributed by atoms with Crippen molar-refractivity contribution < 1.29 is 22.3 Å². The van der Waals surface area contributed by atoms with Crippen molar-refractivity contribution >= 4 is 15.9 Å². The van der Waals surface area contributed by atoms with Crippen molar-refractivity contribution in [2.75, 3.05) is 32.8 Å². The van der Waals surface area contributed by atoms with Crippen molar-refractivity contribution in [3.8, 4) is 0 Å². The van der Waals surface area contributed by atoms with Crippen LogP contribution < -0.4 is 0 Å². The lowest BCUT2D eigenvalue weighted by Crippen LogP contribution is -2.57. The van der Waals surface area contributed by atoms with E-state index in [1.165, 1.54) is 22.5 Å². The van der Waals surface area contributed by atoms with Gasteiger partial charge in [0.05, 0.1) is 12.1 Å². The van der Waals surface area contributed by atoms with Crippen LogP contribution in [0.1, 0.15) is 26.2 Å². The van der Waals surface area contributed by atoms with E-state index in [1.807, 2.05) is 6.92 Å². The van der Waals surface area contributed by atoms with Crippen molar-refractivity contribution in [1.29, 1.82) is 0 Å². The molecule has 0 saturated carbocycles. The normalized spacial score (nSPS) is 25.5. The van der Waals surface area contributed by atoms with Crippen LogP contribution in [0.25, 0.3) is 0 Å². The first-order valence-electron chi connectivity index (χ1n) is 8.54. The summed E-state index contributed by atoms with van der Waals surface area (Å²) in [7, 11) is -4.02. The molecular weight excluding hydrogens is 347 g/mol. The molecule has 2 heterocycles. The number of amides is 1. The van der Waals surface area contributed by atoms with Crippen LogP contribution >= 0.6 is 0 Å². The molecule has 2 fully saturated rings. The number of rotatable bonds is 4. The van der Waals surface area contributed by atoms with E-state index >= 15 is 0 Å². The number of halogens is 1. The highest BCUT2D eigenvalue weighted by Gasteiger charge is 2.48. The molecule has 2 aliphatic rings. The molecule has 2 saturated heterocycles. The van der Waals surface area contributed by atoms with Crippen LogP contribution in [-0.2, 0) is 19.6 Å². The average molecular weight is 370 g/mol. The second-order valence-corrected chi connectivity index (χ2v) is 8.50. The van der Waals surface area contributed by atoms with Gasteiger partial charge in [0.2, 0.25) is 15.9 Å². The Bertz CT molecular complexity index is 747. The number of ether oxygens (including phenoxy) is 1. The smallest absolute Gasteiger partial charge is 0.246 e. The molecule has 0 radical (unpaired) electrons. The minimum absolute atomic E-state index is 0.0530. The fourth-order valence-corrected chi connectivity index (χ4v) is 5.22. The molecule has 0 aliphatic carbocycles. The van der Waals surface area contributed by atoms with Gasteiger partial charge in [0.25, 0.3) is 0 Å². The van der Waals surface area contributed by atoms with Gasteiger partial charge in [-0.05, 0) is 25.0 Å². The van der Waals surface area contributed by atoms with Gasteiger partial charge in [0, 0.05) is 32.7 Å². The zero-order valence-electron chi connectivity index (χ0n) is 14.3. The molecular formula is C17H23FN2O4S. The maximum absolute atomic E-state index is 14.1. The molecule has 0 aromatic heterocycles. The standard InChI is InChI=1S/C17H23FN2O4S/c1-2-9-20-16(21)7-10-19(12-17(20)8-11-24-13-17)25(22,23)15-6-4-3-5-14(15)18/h3-6H,2,7-13H2,1H3. The minimum Gasteiger partial charge on any atom is -0.379 e. The summed E-state index contributed by atoms with van der Waals surface area (Å²) in [4.78, 5) is 14.0. The molecule has 1 atom stereocenters. The van der Waals surface area contributed by atoms with Crippen LogP contribution in [0.4, 0.5) is 4.39 Å². The highest BCUT2D eigenvalue weighted by molar-refractivity contribution is 7.89. The van der Waals surface area contributed by atoms with E-state index in [1.54, 1.807) is 4.90 Å². The molecule has 8 heteroatoms. The first kappa shape index (κ1) is 18.3. The third-order valence-electron chi connectivity index (χ3n) is 4.90. The molecule has 2 aliphatic heterocycles. The van der Waals surface area contributed by atoms with E-state index in [-0.39, 0.29) is 30.3 Å². The molecule has 3 rings (SSSR count). The Kier molecular flexibility index (Phi) is 5.13. The molecule has 1 amide bonds. The molecule has 25 heavy (non-hydrogen) atoms. The number of benzene rings is 1. The van der Waals surface area contributed by atoms with E-state index in [0.29, 0.717) is 26.2 Å². The first-order valence-corrected chi connectivity index (χ1v) is 9.98. The lowest BCUT2D eigenvalue weighted by atomic mass is 9.96. The number of carbonyl (C=O) groups excluding carboxylic acids is 1. The maximum Gasteiger partial charge on any atom is 0.246 e. The highest BCUT2D eigenvalue weighted by atomic mass is 32.2. The molecule has 0 N–H and O–H groups in total. The van der Waals surface area contributed by atoms with Gasteiger partial charge in [-0.25, -0.2) is 12.8 Å². The topological polar surface area (TPSA) is 66.9 Å². The molecule has 1 aromatic carbocycles. The molecule has 0 bridgehead atoms. The van der Waals surface area contributed by atoms with E-state index in [4.69, 9.17) is 4.74 Å². The van der Waals surface area contributed by atoms with Crippen LogP contribution in [0.3, 0.4) is 0 Å². The van der Waals surface area contributed by atoms with Crippen LogP contribution in [0.5, 0.6) is 0 Å². The Morgan fingerprint density at radius 2 is 2.08 bits per heavy atom. The van der Waals surface area contributed by atoms with Crippen molar-refractivity contribution in [3.63, 3.8) is 0 Å². The van der Waals surface area contributed by atoms with E-state index in [2.05, 4.69) is 0 Å². The van der Waals surface area contributed by atoms with Crippen molar-refractivity contribution in [2.45, 2.75) is 36.6 Å². The van der Waals surface area contributed by atoms with Gasteiger partial charge in [0.15, 0.2) is 0 Å². The predicted octanol–water partition coefficient (Wildman–Crippen LogP) is 1.62. The number of sulfonamides is 1. The van der Waals surface area contributed by atoms with Crippen molar-refractivity contribution in [2.24, 2.45) is 0 Å². The fourth-order valence-electron chi connectivity index (χ4n) is 3.63. The number of hydrogen-bond donors (Lipinski definition) is 0. The third kappa shape index (κ3) is 3.30. The third-order valence-corrected chi connectivity index (χ3v) is 6.78. The maximum atomic E-state index is 14.1.